The lowest BCUT2D eigenvalue weighted by molar-refractivity contribution is -0.136. The standard InChI is InChI=1S/C19H20ClFN2O3/c1-4-26-17-8-5-11(2)9-14(17)12(3)22-18(24)19(25)23-13-6-7-16(21)15(20)10-13/h5-10,12H,4H2,1-3H3,(H,22,24)(H,23,25). The summed E-state index contributed by atoms with van der Waals surface area (Å²) in [7, 11) is 0. The minimum absolute atomic E-state index is 0.141. The maximum Gasteiger partial charge on any atom is 0.313 e. The molecular weight excluding hydrogens is 359 g/mol. The van der Waals surface area contributed by atoms with Crippen molar-refractivity contribution in [1.29, 1.82) is 0 Å². The Morgan fingerprint density at radius 2 is 1.92 bits per heavy atom. The highest BCUT2D eigenvalue weighted by Gasteiger charge is 2.20. The Hall–Kier alpha value is -2.60. The first-order chi connectivity index (χ1) is 12.3. The molecule has 0 aliphatic carbocycles. The predicted octanol–water partition coefficient (Wildman–Crippen LogP) is 4.00. The van der Waals surface area contributed by atoms with Gasteiger partial charge in [-0.05, 0) is 45.0 Å². The SMILES string of the molecule is CCOc1ccc(C)cc1C(C)NC(=O)C(=O)Nc1ccc(F)c(Cl)c1. The van der Waals surface area contributed by atoms with Gasteiger partial charge in [-0.25, -0.2) is 4.39 Å². The minimum atomic E-state index is -0.870. The van der Waals surface area contributed by atoms with E-state index < -0.39 is 23.7 Å². The molecule has 2 aromatic rings. The van der Waals surface area contributed by atoms with Gasteiger partial charge in [-0.15, -0.1) is 0 Å². The number of ether oxygens (including phenoxy) is 1. The molecular formula is C19H20ClFN2O3. The van der Waals surface area contributed by atoms with E-state index in [0.29, 0.717) is 12.4 Å². The van der Waals surface area contributed by atoms with Crippen LogP contribution in [-0.4, -0.2) is 18.4 Å². The summed E-state index contributed by atoms with van der Waals surface area (Å²) in [5, 5.41) is 4.87. The molecule has 1 unspecified atom stereocenters. The number of hydrogen-bond donors (Lipinski definition) is 2. The molecule has 138 valence electrons. The van der Waals surface area contributed by atoms with Crippen molar-refractivity contribution in [2.45, 2.75) is 26.8 Å². The van der Waals surface area contributed by atoms with Crippen molar-refractivity contribution in [1.82, 2.24) is 5.32 Å². The van der Waals surface area contributed by atoms with Crippen molar-refractivity contribution < 1.29 is 18.7 Å². The largest absolute Gasteiger partial charge is 0.494 e. The fourth-order valence-electron chi connectivity index (χ4n) is 2.39. The molecule has 0 saturated heterocycles. The Labute approximate surface area is 156 Å². The van der Waals surface area contributed by atoms with Crippen molar-refractivity contribution in [3.63, 3.8) is 0 Å². The molecule has 0 aliphatic rings. The number of nitrogens with one attached hydrogen (secondary N) is 2. The first-order valence-corrected chi connectivity index (χ1v) is 8.49. The summed E-state index contributed by atoms with van der Waals surface area (Å²) < 4.78 is 18.7. The second-order valence-corrected chi connectivity index (χ2v) is 6.16. The predicted molar refractivity (Wildman–Crippen MR) is 98.9 cm³/mol. The second kappa shape index (κ2) is 8.67. The number of amides is 2. The quantitative estimate of drug-likeness (QED) is 0.773. The van der Waals surface area contributed by atoms with Crippen LogP contribution in [0.5, 0.6) is 5.75 Å². The van der Waals surface area contributed by atoms with E-state index in [0.717, 1.165) is 17.2 Å². The van der Waals surface area contributed by atoms with Gasteiger partial charge in [-0.1, -0.05) is 29.3 Å². The van der Waals surface area contributed by atoms with Crippen molar-refractivity contribution in [2.24, 2.45) is 0 Å². The molecule has 0 fully saturated rings. The monoisotopic (exact) mass is 378 g/mol. The molecule has 2 N–H and O–H groups in total. The number of hydrogen-bond acceptors (Lipinski definition) is 3. The number of benzene rings is 2. The number of aryl methyl sites for hydroxylation is 1. The van der Waals surface area contributed by atoms with E-state index in [2.05, 4.69) is 10.6 Å². The lowest BCUT2D eigenvalue weighted by atomic mass is 10.0. The Balaban J connectivity index is 2.07. The van der Waals surface area contributed by atoms with Gasteiger partial charge in [0.05, 0.1) is 17.7 Å². The van der Waals surface area contributed by atoms with Crippen LogP contribution >= 0.6 is 11.6 Å². The molecule has 0 heterocycles. The Bertz CT molecular complexity index is 826. The number of anilines is 1. The highest BCUT2D eigenvalue weighted by molar-refractivity contribution is 6.40. The Morgan fingerprint density at radius 1 is 1.19 bits per heavy atom. The van der Waals surface area contributed by atoms with E-state index >= 15 is 0 Å². The Morgan fingerprint density at radius 3 is 2.58 bits per heavy atom. The van der Waals surface area contributed by atoms with Gasteiger partial charge in [-0.2, -0.15) is 0 Å². The second-order valence-electron chi connectivity index (χ2n) is 5.75. The fourth-order valence-corrected chi connectivity index (χ4v) is 2.58. The molecule has 0 radical (unpaired) electrons. The highest BCUT2D eigenvalue weighted by atomic mass is 35.5. The zero-order valence-corrected chi connectivity index (χ0v) is 15.5. The van der Waals surface area contributed by atoms with E-state index in [-0.39, 0.29) is 10.7 Å². The van der Waals surface area contributed by atoms with E-state index in [4.69, 9.17) is 16.3 Å². The summed E-state index contributed by atoms with van der Waals surface area (Å²) in [6.07, 6.45) is 0. The van der Waals surface area contributed by atoms with Crippen LogP contribution in [0.2, 0.25) is 5.02 Å². The van der Waals surface area contributed by atoms with Crippen LogP contribution in [0, 0.1) is 12.7 Å². The molecule has 5 nitrogen and oxygen atoms in total. The van der Waals surface area contributed by atoms with Gasteiger partial charge in [0.25, 0.3) is 0 Å². The molecule has 2 amide bonds. The number of rotatable bonds is 5. The van der Waals surface area contributed by atoms with Crippen LogP contribution in [0.3, 0.4) is 0 Å². The third-order valence-corrected chi connectivity index (χ3v) is 3.95. The van der Waals surface area contributed by atoms with Gasteiger partial charge in [-0.3, -0.25) is 9.59 Å². The minimum Gasteiger partial charge on any atom is -0.494 e. The van der Waals surface area contributed by atoms with Crippen molar-refractivity contribution >= 4 is 29.1 Å². The van der Waals surface area contributed by atoms with E-state index in [9.17, 15) is 14.0 Å². The van der Waals surface area contributed by atoms with Gasteiger partial charge in [0, 0.05) is 11.3 Å². The third-order valence-electron chi connectivity index (χ3n) is 3.66. The normalized spacial score (nSPS) is 11.6. The Kier molecular flexibility index (Phi) is 6.58. The average Bonchev–Trinajstić information content (AvgIpc) is 2.59. The summed E-state index contributed by atoms with van der Waals surface area (Å²) in [5.74, 6) is -1.64. The van der Waals surface area contributed by atoms with Gasteiger partial charge in [0.15, 0.2) is 0 Å². The van der Waals surface area contributed by atoms with Gasteiger partial charge >= 0.3 is 11.8 Å². The lowest BCUT2D eigenvalue weighted by Crippen LogP contribution is -2.37. The first kappa shape index (κ1) is 19.7. The summed E-state index contributed by atoms with van der Waals surface area (Å²) in [4.78, 5) is 24.2. The molecule has 26 heavy (non-hydrogen) atoms. The number of carbonyl (C=O) groups is 2. The fraction of sp³-hybridized carbons (Fsp3) is 0.263. The van der Waals surface area contributed by atoms with Crippen LogP contribution in [0.1, 0.15) is 31.0 Å². The maximum absolute atomic E-state index is 13.2. The van der Waals surface area contributed by atoms with Crippen LogP contribution in [0.25, 0.3) is 0 Å². The third kappa shape index (κ3) is 4.95. The lowest BCUT2D eigenvalue weighted by Gasteiger charge is -2.18. The molecule has 0 saturated carbocycles. The topological polar surface area (TPSA) is 67.4 Å². The molecule has 0 bridgehead atoms. The molecule has 7 heteroatoms. The van der Waals surface area contributed by atoms with Crippen molar-refractivity contribution in [2.75, 3.05) is 11.9 Å². The first-order valence-electron chi connectivity index (χ1n) is 8.12. The molecule has 2 rings (SSSR count). The van der Waals surface area contributed by atoms with E-state index in [1.54, 1.807) is 6.92 Å². The van der Waals surface area contributed by atoms with E-state index in [1.807, 2.05) is 32.0 Å². The van der Waals surface area contributed by atoms with E-state index in [1.165, 1.54) is 12.1 Å². The van der Waals surface area contributed by atoms with Gasteiger partial charge in [0.2, 0.25) is 0 Å². The van der Waals surface area contributed by atoms with Crippen LogP contribution in [-0.2, 0) is 9.59 Å². The summed E-state index contributed by atoms with van der Waals surface area (Å²) in [5.41, 5.74) is 2.02. The van der Waals surface area contributed by atoms with Gasteiger partial charge in [0.1, 0.15) is 11.6 Å². The number of halogens is 2. The molecule has 2 aromatic carbocycles. The smallest absolute Gasteiger partial charge is 0.313 e. The zero-order chi connectivity index (χ0) is 19.3. The van der Waals surface area contributed by atoms with Crippen molar-refractivity contribution in [3.8, 4) is 5.75 Å². The van der Waals surface area contributed by atoms with Crippen LogP contribution in [0.15, 0.2) is 36.4 Å². The molecule has 0 spiro atoms. The summed E-state index contributed by atoms with van der Waals surface area (Å²) >= 11 is 5.66. The average molecular weight is 379 g/mol. The highest BCUT2D eigenvalue weighted by Crippen LogP contribution is 2.26. The van der Waals surface area contributed by atoms with Crippen LogP contribution < -0.4 is 15.4 Å². The summed E-state index contributed by atoms with van der Waals surface area (Å²) in [6.45, 7) is 6.05. The molecule has 0 aromatic heterocycles. The summed E-state index contributed by atoms with van der Waals surface area (Å²) in [6, 6.07) is 8.87. The molecule has 0 aliphatic heterocycles. The zero-order valence-electron chi connectivity index (χ0n) is 14.7. The number of carbonyl (C=O) groups excluding carboxylic acids is 2. The maximum atomic E-state index is 13.2. The van der Waals surface area contributed by atoms with Gasteiger partial charge < -0.3 is 15.4 Å². The molecule has 1 atom stereocenters. The van der Waals surface area contributed by atoms with Crippen molar-refractivity contribution in [3.05, 3.63) is 58.4 Å². The van der Waals surface area contributed by atoms with Crippen LogP contribution in [0.4, 0.5) is 10.1 Å².